The Kier molecular flexibility index (Phi) is 6.16. The Morgan fingerprint density at radius 1 is 1.00 bits per heavy atom. The molecule has 0 saturated carbocycles. The fourth-order valence-corrected chi connectivity index (χ4v) is 8.70. The van der Waals surface area contributed by atoms with Gasteiger partial charge < -0.3 is 20.6 Å². The number of rotatable bonds is 7. The van der Waals surface area contributed by atoms with Gasteiger partial charge in [-0.2, -0.15) is 0 Å². The van der Waals surface area contributed by atoms with Crippen LogP contribution in [0.1, 0.15) is 18.4 Å². The van der Waals surface area contributed by atoms with E-state index in [4.69, 9.17) is 0 Å². The first-order valence-electron chi connectivity index (χ1n) is 12.7. The first-order valence-corrected chi connectivity index (χ1v) is 13.6. The van der Waals surface area contributed by atoms with Crippen LogP contribution in [-0.2, 0) is 20.9 Å². The number of nitrogens with one attached hydrogen (secondary N) is 2. The highest BCUT2D eigenvalue weighted by Gasteiger charge is 2.73. The molecule has 0 radical (unpaired) electrons. The van der Waals surface area contributed by atoms with Crippen molar-refractivity contribution in [3.8, 4) is 0 Å². The maximum Gasteiger partial charge on any atom is 0.248 e. The molecular weight excluding hydrogens is 486 g/mol. The maximum atomic E-state index is 13.8. The number of fused-ring (bicyclic) bond motifs is 2. The van der Waals surface area contributed by atoms with Crippen molar-refractivity contribution in [2.24, 2.45) is 11.8 Å². The predicted octanol–water partition coefficient (Wildman–Crippen LogP) is 3.18. The smallest absolute Gasteiger partial charge is 0.248 e. The number of β-amino-alcohol motifs (C(OH)–C–C–N with tert-alkyl or cyclic N) is 1. The summed E-state index contributed by atoms with van der Waals surface area (Å²) in [6.07, 6.45) is 1.48. The number of aliphatic hydroxyl groups excluding tert-OH is 1. The minimum atomic E-state index is -0.745. The number of likely N-dealkylation sites (tertiary alicyclic amines) is 1. The molecule has 3 heterocycles. The quantitative estimate of drug-likeness (QED) is 0.449. The number of nitrogens with zero attached hydrogens (tertiary/aromatic N) is 1. The zero-order valence-electron chi connectivity index (χ0n) is 20.3. The third-order valence-corrected chi connectivity index (χ3v) is 9.97. The van der Waals surface area contributed by atoms with Crippen molar-refractivity contribution in [2.45, 2.75) is 35.4 Å². The van der Waals surface area contributed by atoms with Crippen LogP contribution < -0.4 is 10.6 Å². The number of hydrogen-bond acceptors (Lipinski definition) is 5. The van der Waals surface area contributed by atoms with Crippen molar-refractivity contribution in [1.82, 2.24) is 10.2 Å². The van der Waals surface area contributed by atoms with Gasteiger partial charge in [0.1, 0.15) is 6.04 Å². The lowest BCUT2D eigenvalue weighted by molar-refractivity contribution is -0.139. The molecule has 3 amide bonds. The van der Waals surface area contributed by atoms with E-state index in [9.17, 15) is 19.5 Å². The Hall–Kier alpha value is -3.36. The summed E-state index contributed by atoms with van der Waals surface area (Å²) in [5.41, 5.74) is 1.66. The summed E-state index contributed by atoms with van der Waals surface area (Å²) in [7, 11) is 0. The normalized spacial score (nSPS) is 27.9. The topological polar surface area (TPSA) is 98.7 Å². The summed E-state index contributed by atoms with van der Waals surface area (Å²) in [6, 6.07) is 22.6. The fraction of sp³-hybridized carbons (Fsp3) is 0.345. The second-order valence-electron chi connectivity index (χ2n) is 10.1. The van der Waals surface area contributed by atoms with Gasteiger partial charge in [-0.25, -0.2) is 0 Å². The van der Waals surface area contributed by atoms with Crippen molar-refractivity contribution in [3.05, 3.63) is 78.4 Å². The van der Waals surface area contributed by atoms with E-state index in [-0.39, 0.29) is 36.1 Å². The molecule has 7 nitrogen and oxygen atoms in total. The lowest BCUT2D eigenvalue weighted by atomic mass is 9.70. The molecule has 3 fully saturated rings. The van der Waals surface area contributed by atoms with E-state index in [1.165, 1.54) is 4.90 Å². The number of aliphatic hydroxyl groups is 1. The monoisotopic (exact) mass is 515 g/mol. The zero-order chi connectivity index (χ0) is 25.6. The van der Waals surface area contributed by atoms with Crippen LogP contribution in [0.4, 0.5) is 5.69 Å². The summed E-state index contributed by atoms with van der Waals surface area (Å²) in [5.74, 6) is -1.68. The second kappa shape index (κ2) is 9.50. The summed E-state index contributed by atoms with van der Waals surface area (Å²) >= 11 is 1.62. The van der Waals surface area contributed by atoms with Gasteiger partial charge in [-0.3, -0.25) is 14.4 Å². The molecule has 1 spiro atoms. The van der Waals surface area contributed by atoms with Crippen LogP contribution in [0.15, 0.2) is 72.8 Å². The van der Waals surface area contributed by atoms with Gasteiger partial charge in [0.05, 0.1) is 23.2 Å². The number of thioether (sulfide) groups is 1. The molecular formula is C29H29N3O4S. The number of hydrogen-bond donors (Lipinski definition) is 3. The fourth-order valence-electron chi connectivity index (χ4n) is 6.48. The van der Waals surface area contributed by atoms with E-state index < -0.39 is 22.6 Å². The summed E-state index contributed by atoms with van der Waals surface area (Å²) in [5, 5.41) is 17.9. The standard InChI is InChI=1S/C29H29N3O4S/c33-15-14-32-25(27(35)31-21-11-10-19-8-4-5-9-20(19)16-21)29-13-12-22(37-29)23(24(29)28(32)36)26(34)30-17-18-6-2-1-3-7-18/h1-11,16,22-25,33H,12-15,17H2,(H,30,34)(H,31,35)/t22-,23+,24-,25?,29?/m0/s1. The van der Waals surface area contributed by atoms with E-state index in [2.05, 4.69) is 10.6 Å². The van der Waals surface area contributed by atoms with Crippen LogP contribution in [0.3, 0.4) is 0 Å². The molecule has 2 bridgehead atoms. The number of anilines is 1. The first-order chi connectivity index (χ1) is 18.0. The van der Waals surface area contributed by atoms with E-state index in [1.54, 1.807) is 11.8 Å². The molecule has 3 aliphatic rings. The highest BCUT2D eigenvalue weighted by Crippen LogP contribution is 2.66. The average Bonchev–Trinajstić information content (AvgIpc) is 3.55. The van der Waals surface area contributed by atoms with E-state index >= 15 is 0 Å². The van der Waals surface area contributed by atoms with Gasteiger partial charge >= 0.3 is 0 Å². The van der Waals surface area contributed by atoms with Gasteiger partial charge in [-0.05, 0) is 41.3 Å². The first kappa shape index (κ1) is 24.0. The third kappa shape index (κ3) is 3.99. The summed E-state index contributed by atoms with van der Waals surface area (Å²) in [6.45, 7) is 0.220. The molecule has 37 heavy (non-hydrogen) atoms. The third-order valence-electron chi connectivity index (χ3n) is 8.02. The lowest BCUT2D eigenvalue weighted by Gasteiger charge is -2.34. The SMILES string of the molecule is O=C(Nc1ccc2ccccc2c1)C1N(CCO)C(=O)[C@@H]2[C@H](C(=O)NCc3ccccc3)[C@@H]3CCC12S3. The predicted molar refractivity (Wildman–Crippen MR) is 144 cm³/mol. The van der Waals surface area contributed by atoms with Crippen LogP contribution in [0.5, 0.6) is 0 Å². The Morgan fingerprint density at radius 3 is 2.54 bits per heavy atom. The number of carbonyl (C=O) groups is 3. The van der Waals surface area contributed by atoms with Crippen LogP contribution in [0, 0.1) is 11.8 Å². The second-order valence-corrected chi connectivity index (χ2v) is 11.7. The minimum absolute atomic E-state index is 0.00281. The number of amides is 3. The van der Waals surface area contributed by atoms with Gasteiger partial charge in [-0.15, -0.1) is 11.8 Å². The molecule has 0 aromatic heterocycles. The highest BCUT2D eigenvalue weighted by atomic mass is 32.2. The van der Waals surface area contributed by atoms with Crippen LogP contribution in [-0.4, -0.2) is 56.9 Å². The molecule has 3 saturated heterocycles. The van der Waals surface area contributed by atoms with Gasteiger partial charge in [0, 0.05) is 24.0 Å². The Morgan fingerprint density at radius 2 is 1.76 bits per heavy atom. The van der Waals surface area contributed by atoms with Crippen molar-refractivity contribution in [2.75, 3.05) is 18.5 Å². The van der Waals surface area contributed by atoms with Crippen LogP contribution in [0.25, 0.3) is 10.8 Å². The van der Waals surface area contributed by atoms with E-state index in [0.717, 1.165) is 22.8 Å². The van der Waals surface area contributed by atoms with Gasteiger partial charge in [0.2, 0.25) is 17.7 Å². The minimum Gasteiger partial charge on any atom is -0.395 e. The molecule has 3 N–H and O–H groups in total. The largest absolute Gasteiger partial charge is 0.395 e. The number of benzene rings is 3. The molecule has 5 atom stereocenters. The van der Waals surface area contributed by atoms with E-state index in [0.29, 0.717) is 18.7 Å². The van der Waals surface area contributed by atoms with Crippen molar-refractivity contribution < 1.29 is 19.5 Å². The maximum absolute atomic E-state index is 13.8. The number of carbonyl (C=O) groups excluding carboxylic acids is 3. The van der Waals surface area contributed by atoms with Crippen LogP contribution in [0.2, 0.25) is 0 Å². The molecule has 3 aromatic rings. The summed E-state index contributed by atoms with van der Waals surface area (Å²) in [4.78, 5) is 42.4. The molecule has 3 aliphatic heterocycles. The Bertz CT molecular complexity index is 1370. The van der Waals surface area contributed by atoms with Crippen molar-refractivity contribution in [3.63, 3.8) is 0 Å². The zero-order valence-corrected chi connectivity index (χ0v) is 21.1. The van der Waals surface area contributed by atoms with Gasteiger partial charge in [0.15, 0.2) is 0 Å². The molecule has 8 heteroatoms. The highest BCUT2D eigenvalue weighted by molar-refractivity contribution is 8.02. The van der Waals surface area contributed by atoms with E-state index in [1.807, 2.05) is 72.8 Å². The van der Waals surface area contributed by atoms with Gasteiger partial charge in [0.25, 0.3) is 0 Å². The average molecular weight is 516 g/mol. The van der Waals surface area contributed by atoms with Crippen molar-refractivity contribution in [1.29, 1.82) is 0 Å². The summed E-state index contributed by atoms with van der Waals surface area (Å²) < 4.78 is -0.674. The molecule has 2 unspecified atom stereocenters. The van der Waals surface area contributed by atoms with Crippen LogP contribution >= 0.6 is 11.8 Å². The molecule has 190 valence electrons. The Labute approximate surface area is 219 Å². The van der Waals surface area contributed by atoms with Crippen molar-refractivity contribution >= 4 is 45.9 Å². The molecule has 0 aliphatic carbocycles. The Balaban J connectivity index is 1.27. The van der Waals surface area contributed by atoms with Gasteiger partial charge in [-0.1, -0.05) is 60.7 Å². The molecule has 3 aromatic carbocycles. The molecule has 6 rings (SSSR count). The lowest BCUT2D eigenvalue weighted by Crippen LogP contribution is -2.52.